The zero-order chi connectivity index (χ0) is 12.4. The minimum absolute atomic E-state index is 0.0709. The van der Waals surface area contributed by atoms with Gasteiger partial charge in [-0.2, -0.15) is 0 Å². The minimum atomic E-state index is -0.670. The van der Waals surface area contributed by atoms with Crippen LogP contribution < -0.4 is 10.6 Å². The summed E-state index contributed by atoms with van der Waals surface area (Å²) in [5.41, 5.74) is 0. The van der Waals surface area contributed by atoms with Crippen LogP contribution in [0.15, 0.2) is 6.07 Å². The van der Waals surface area contributed by atoms with Crippen LogP contribution in [-0.2, 0) is 0 Å². The maximum atomic E-state index is 13.5. The molecule has 1 aliphatic carbocycles. The average Bonchev–Trinajstić information content (AvgIpc) is 3.01. The molecule has 1 aromatic heterocycles. The second-order valence-corrected chi connectivity index (χ2v) is 4.43. The molecule has 2 unspecified atom stereocenters. The van der Waals surface area contributed by atoms with Crippen LogP contribution in [0.3, 0.4) is 0 Å². The van der Waals surface area contributed by atoms with E-state index < -0.39 is 11.6 Å². The molecule has 1 aliphatic rings. The van der Waals surface area contributed by atoms with E-state index in [-0.39, 0.29) is 17.7 Å². The molecule has 0 aliphatic heterocycles. The molecule has 1 heterocycles. The highest BCUT2D eigenvalue weighted by Crippen LogP contribution is 2.37. The van der Waals surface area contributed by atoms with Crippen LogP contribution in [0.1, 0.15) is 26.2 Å². The lowest BCUT2D eigenvalue weighted by Gasteiger charge is -2.09. The first-order chi connectivity index (χ1) is 8.15. The van der Waals surface area contributed by atoms with Gasteiger partial charge in [-0.25, -0.2) is 13.8 Å². The normalized spacial score (nSPS) is 22.4. The molecule has 2 rings (SSSR count). The molecule has 0 saturated heterocycles. The van der Waals surface area contributed by atoms with Crippen molar-refractivity contribution in [3.05, 3.63) is 17.7 Å². The van der Waals surface area contributed by atoms with Gasteiger partial charge in [0.2, 0.25) is 0 Å². The molecule has 2 atom stereocenters. The number of hydrogen-bond donors (Lipinski definition) is 2. The van der Waals surface area contributed by atoms with Crippen LogP contribution in [0.5, 0.6) is 0 Å². The first-order valence-electron chi connectivity index (χ1n) is 5.96. The number of hydrogen-bond acceptors (Lipinski definition) is 3. The third-order valence-electron chi connectivity index (χ3n) is 3.07. The summed E-state index contributed by atoms with van der Waals surface area (Å²) in [6.45, 7) is 2.13. The van der Waals surface area contributed by atoms with Gasteiger partial charge in [-0.1, -0.05) is 13.3 Å². The SMILES string of the molecule is CCCC1CC1Nc1nc(NC)c(F)cc1F. The predicted molar refractivity (Wildman–Crippen MR) is 64.1 cm³/mol. The Hall–Kier alpha value is -1.39. The Labute approximate surface area is 99.6 Å². The summed E-state index contributed by atoms with van der Waals surface area (Å²) in [4.78, 5) is 3.89. The molecule has 0 bridgehead atoms. The van der Waals surface area contributed by atoms with Gasteiger partial charge >= 0.3 is 0 Å². The molecule has 94 valence electrons. The molecular weight excluding hydrogens is 224 g/mol. The standard InChI is InChI=1S/C12H17F2N3/c1-3-4-7-5-10(7)16-12-9(14)6-8(13)11(15-2)17-12/h6-7,10H,3-5H2,1-2H3,(H2,15,16,17). The van der Waals surface area contributed by atoms with E-state index in [1.807, 2.05) is 0 Å². The number of halogens is 2. The number of nitrogens with one attached hydrogen (secondary N) is 2. The average molecular weight is 241 g/mol. The summed E-state index contributed by atoms with van der Waals surface area (Å²) in [5, 5.41) is 5.63. The summed E-state index contributed by atoms with van der Waals surface area (Å²) in [7, 11) is 1.56. The van der Waals surface area contributed by atoms with Gasteiger partial charge in [0.25, 0.3) is 0 Å². The summed E-state index contributed by atoms with van der Waals surface area (Å²) < 4.78 is 26.7. The maximum Gasteiger partial charge on any atom is 0.168 e. The lowest BCUT2D eigenvalue weighted by atomic mass is 10.2. The number of nitrogens with zero attached hydrogens (tertiary/aromatic N) is 1. The maximum absolute atomic E-state index is 13.5. The molecule has 17 heavy (non-hydrogen) atoms. The van der Waals surface area contributed by atoms with Crippen molar-refractivity contribution in [3.63, 3.8) is 0 Å². The van der Waals surface area contributed by atoms with Gasteiger partial charge in [0.15, 0.2) is 23.3 Å². The van der Waals surface area contributed by atoms with Crippen molar-refractivity contribution in [1.29, 1.82) is 0 Å². The third-order valence-corrected chi connectivity index (χ3v) is 3.07. The summed E-state index contributed by atoms with van der Waals surface area (Å²) in [5.74, 6) is -0.495. The lowest BCUT2D eigenvalue weighted by Crippen LogP contribution is -2.10. The lowest BCUT2D eigenvalue weighted by molar-refractivity contribution is 0.577. The Bertz CT molecular complexity index is 409. The zero-order valence-electron chi connectivity index (χ0n) is 10.1. The minimum Gasteiger partial charge on any atom is -0.371 e. The van der Waals surface area contributed by atoms with Crippen LogP contribution in [0.4, 0.5) is 20.4 Å². The van der Waals surface area contributed by atoms with Gasteiger partial charge < -0.3 is 10.6 Å². The smallest absolute Gasteiger partial charge is 0.168 e. The molecular formula is C12H17F2N3. The Morgan fingerprint density at radius 2 is 2.06 bits per heavy atom. The summed E-state index contributed by atoms with van der Waals surface area (Å²) >= 11 is 0. The predicted octanol–water partition coefficient (Wildman–Crippen LogP) is 3.00. The molecule has 1 aromatic rings. The Balaban J connectivity index is 2.06. The van der Waals surface area contributed by atoms with Gasteiger partial charge in [0, 0.05) is 19.2 Å². The first kappa shape index (κ1) is 12.1. The Morgan fingerprint density at radius 1 is 1.35 bits per heavy atom. The fraction of sp³-hybridized carbons (Fsp3) is 0.583. The first-order valence-corrected chi connectivity index (χ1v) is 5.96. The van der Waals surface area contributed by atoms with Gasteiger partial charge in [-0.05, 0) is 18.8 Å². The van der Waals surface area contributed by atoms with Gasteiger partial charge in [0.1, 0.15) is 0 Å². The van der Waals surface area contributed by atoms with Gasteiger partial charge in [0.05, 0.1) is 0 Å². The third kappa shape index (κ3) is 2.65. The second kappa shape index (κ2) is 4.85. The van der Waals surface area contributed by atoms with Crippen LogP contribution in [0, 0.1) is 17.6 Å². The van der Waals surface area contributed by atoms with E-state index in [1.165, 1.54) is 0 Å². The van der Waals surface area contributed by atoms with E-state index in [0.717, 1.165) is 25.3 Å². The van der Waals surface area contributed by atoms with Crippen molar-refractivity contribution in [2.45, 2.75) is 32.2 Å². The second-order valence-electron chi connectivity index (χ2n) is 4.43. The number of aromatic nitrogens is 1. The highest BCUT2D eigenvalue weighted by atomic mass is 19.1. The number of pyridine rings is 1. The van der Waals surface area contributed by atoms with Gasteiger partial charge in [-0.3, -0.25) is 0 Å². The Kier molecular flexibility index (Phi) is 3.45. The van der Waals surface area contributed by atoms with Crippen molar-refractivity contribution in [2.75, 3.05) is 17.7 Å². The fourth-order valence-corrected chi connectivity index (χ4v) is 2.03. The van der Waals surface area contributed by atoms with E-state index in [9.17, 15) is 8.78 Å². The molecule has 1 fully saturated rings. The van der Waals surface area contributed by atoms with Crippen molar-refractivity contribution >= 4 is 11.6 Å². The molecule has 0 radical (unpaired) electrons. The van der Waals surface area contributed by atoms with Crippen molar-refractivity contribution in [3.8, 4) is 0 Å². The summed E-state index contributed by atoms with van der Waals surface area (Å²) in [6, 6.07) is 1.14. The monoisotopic (exact) mass is 241 g/mol. The molecule has 0 aromatic carbocycles. The highest BCUT2D eigenvalue weighted by molar-refractivity contribution is 5.48. The van der Waals surface area contributed by atoms with E-state index in [0.29, 0.717) is 5.92 Å². The van der Waals surface area contributed by atoms with E-state index in [2.05, 4.69) is 22.5 Å². The van der Waals surface area contributed by atoms with Crippen molar-refractivity contribution in [1.82, 2.24) is 4.98 Å². The highest BCUT2D eigenvalue weighted by Gasteiger charge is 2.36. The van der Waals surface area contributed by atoms with Crippen LogP contribution in [0.25, 0.3) is 0 Å². The van der Waals surface area contributed by atoms with E-state index in [1.54, 1.807) is 7.05 Å². The van der Waals surface area contributed by atoms with E-state index >= 15 is 0 Å². The Morgan fingerprint density at radius 3 is 2.71 bits per heavy atom. The van der Waals surface area contributed by atoms with Crippen molar-refractivity contribution < 1.29 is 8.78 Å². The zero-order valence-corrected chi connectivity index (χ0v) is 10.1. The molecule has 2 N–H and O–H groups in total. The topological polar surface area (TPSA) is 37.0 Å². The molecule has 3 nitrogen and oxygen atoms in total. The number of rotatable bonds is 5. The van der Waals surface area contributed by atoms with Crippen LogP contribution in [-0.4, -0.2) is 18.1 Å². The summed E-state index contributed by atoms with van der Waals surface area (Å²) in [6.07, 6.45) is 3.31. The van der Waals surface area contributed by atoms with Crippen LogP contribution in [0.2, 0.25) is 0 Å². The van der Waals surface area contributed by atoms with Crippen molar-refractivity contribution in [2.24, 2.45) is 5.92 Å². The van der Waals surface area contributed by atoms with Crippen LogP contribution >= 0.6 is 0 Å². The quantitative estimate of drug-likeness (QED) is 0.832. The fourth-order valence-electron chi connectivity index (χ4n) is 2.03. The van der Waals surface area contributed by atoms with E-state index in [4.69, 9.17) is 0 Å². The molecule has 1 saturated carbocycles. The molecule has 0 amide bonds. The van der Waals surface area contributed by atoms with Gasteiger partial charge in [-0.15, -0.1) is 0 Å². The molecule has 5 heteroatoms. The number of anilines is 2. The molecule has 0 spiro atoms. The largest absolute Gasteiger partial charge is 0.371 e.